The maximum absolute atomic E-state index is 12.4. The van der Waals surface area contributed by atoms with E-state index in [0.29, 0.717) is 11.1 Å². The molecule has 0 aromatic heterocycles. The van der Waals surface area contributed by atoms with E-state index in [4.69, 9.17) is 46.4 Å². The summed E-state index contributed by atoms with van der Waals surface area (Å²) >= 11 is 24.0. The number of nitrogens with one attached hydrogen (secondary N) is 3. The number of benzene rings is 2. The highest BCUT2D eigenvalue weighted by Gasteiger charge is 2.28. The summed E-state index contributed by atoms with van der Waals surface area (Å²) in [5, 5.41) is 8.20. The summed E-state index contributed by atoms with van der Waals surface area (Å²) in [6, 6.07) is 15.5. The van der Waals surface area contributed by atoms with Crippen molar-refractivity contribution in [1.82, 2.24) is 16.0 Å². The Morgan fingerprint density at radius 3 is 1.57 bits per heavy atom. The second kappa shape index (κ2) is 10.9. The second-order valence-electron chi connectivity index (χ2n) is 5.97. The van der Waals surface area contributed by atoms with Gasteiger partial charge in [-0.05, 0) is 31.2 Å². The van der Waals surface area contributed by atoms with Gasteiger partial charge in [-0.15, -0.1) is 46.4 Å². The van der Waals surface area contributed by atoms with Crippen LogP contribution in [0.5, 0.6) is 0 Å². The molecule has 2 amide bonds. The minimum atomic E-state index is -1.03. The van der Waals surface area contributed by atoms with Crippen LogP contribution in [-0.2, 0) is 0 Å². The topological polar surface area (TPSA) is 70.2 Å². The fourth-order valence-electron chi connectivity index (χ4n) is 2.29. The first-order valence-electron chi connectivity index (χ1n) is 8.33. The lowest BCUT2D eigenvalue weighted by Crippen LogP contribution is -2.60. The van der Waals surface area contributed by atoms with Crippen molar-refractivity contribution in [3.05, 3.63) is 71.3 Å². The third-order valence-corrected chi connectivity index (χ3v) is 4.79. The predicted molar refractivity (Wildman–Crippen MR) is 114 cm³/mol. The first-order chi connectivity index (χ1) is 13.3. The van der Waals surface area contributed by atoms with Gasteiger partial charge in [-0.1, -0.05) is 35.9 Å². The normalized spacial score (nSPS) is 13.2. The van der Waals surface area contributed by atoms with Crippen molar-refractivity contribution in [2.24, 2.45) is 0 Å². The molecule has 28 heavy (non-hydrogen) atoms. The van der Waals surface area contributed by atoms with Gasteiger partial charge in [0, 0.05) is 11.1 Å². The van der Waals surface area contributed by atoms with Crippen molar-refractivity contribution in [3.8, 4) is 0 Å². The number of alkyl halides is 4. The van der Waals surface area contributed by atoms with E-state index in [1.54, 1.807) is 42.5 Å². The van der Waals surface area contributed by atoms with E-state index in [0.717, 1.165) is 5.56 Å². The van der Waals surface area contributed by atoms with Gasteiger partial charge in [0.2, 0.25) is 0 Å². The molecule has 0 unspecified atom stereocenters. The van der Waals surface area contributed by atoms with Crippen LogP contribution in [0.2, 0.25) is 0 Å². The molecule has 0 aliphatic heterocycles. The molecule has 2 aromatic carbocycles. The fourth-order valence-corrected chi connectivity index (χ4v) is 2.83. The highest BCUT2D eigenvalue weighted by Crippen LogP contribution is 2.13. The van der Waals surface area contributed by atoms with E-state index >= 15 is 0 Å². The average Bonchev–Trinajstić information content (AvgIpc) is 2.67. The van der Waals surface area contributed by atoms with E-state index in [1.807, 2.05) is 19.1 Å². The van der Waals surface area contributed by atoms with E-state index in [9.17, 15) is 9.59 Å². The highest BCUT2D eigenvalue weighted by atomic mass is 35.5. The lowest BCUT2D eigenvalue weighted by molar-refractivity contribution is 0.0911. The number of carbonyl (C=O) groups is 2. The number of amides is 2. The van der Waals surface area contributed by atoms with Crippen molar-refractivity contribution >= 4 is 58.2 Å². The largest absolute Gasteiger partial charge is 0.334 e. The number of carbonyl (C=O) groups excluding carboxylic acids is 2. The molecule has 9 heteroatoms. The van der Waals surface area contributed by atoms with Crippen LogP contribution in [0.15, 0.2) is 54.6 Å². The Balaban J connectivity index is 2.07. The van der Waals surface area contributed by atoms with Gasteiger partial charge in [0.1, 0.15) is 22.0 Å². The summed E-state index contributed by atoms with van der Waals surface area (Å²) in [5.74, 6) is -0.786. The van der Waals surface area contributed by atoms with Gasteiger partial charge in [0.05, 0.1) is 0 Å². The molecular weight excluding hydrogens is 444 g/mol. The zero-order chi connectivity index (χ0) is 20.7. The maximum Gasteiger partial charge on any atom is 0.252 e. The Hall–Kier alpha value is -1.50. The van der Waals surface area contributed by atoms with Gasteiger partial charge in [0.25, 0.3) is 11.8 Å². The zero-order valence-corrected chi connectivity index (χ0v) is 17.9. The second-order valence-corrected chi connectivity index (χ2v) is 8.30. The number of hydrogen-bond acceptors (Lipinski definition) is 3. The molecule has 0 heterocycles. The lowest BCUT2D eigenvalue weighted by Gasteiger charge is -2.28. The van der Waals surface area contributed by atoms with Crippen molar-refractivity contribution < 1.29 is 9.59 Å². The number of rotatable bonds is 8. The summed E-state index contributed by atoms with van der Waals surface area (Å²) in [5.41, 5.74) is 1.89. The Kier molecular flexibility index (Phi) is 8.86. The van der Waals surface area contributed by atoms with Crippen molar-refractivity contribution in [2.45, 2.75) is 28.9 Å². The quantitative estimate of drug-likeness (QED) is 0.410. The summed E-state index contributed by atoms with van der Waals surface area (Å²) in [6.07, 6.45) is -1.84. The van der Waals surface area contributed by atoms with Gasteiger partial charge >= 0.3 is 0 Å². The summed E-state index contributed by atoms with van der Waals surface area (Å²) < 4.78 is 0. The molecule has 0 saturated heterocycles. The monoisotopic (exact) mass is 461 g/mol. The summed E-state index contributed by atoms with van der Waals surface area (Å²) in [7, 11) is 0. The van der Waals surface area contributed by atoms with Crippen LogP contribution in [0.1, 0.15) is 26.3 Å². The molecule has 0 aliphatic rings. The Morgan fingerprint density at radius 2 is 1.14 bits per heavy atom. The average molecular weight is 463 g/mol. The molecule has 0 fully saturated rings. The summed E-state index contributed by atoms with van der Waals surface area (Å²) in [6.45, 7) is 1.92. The van der Waals surface area contributed by atoms with Crippen LogP contribution in [-0.4, -0.2) is 33.8 Å². The van der Waals surface area contributed by atoms with Gasteiger partial charge in [-0.3, -0.25) is 14.9 Å². The van der Waals surface area contributed by atoms with Gasteiger partial charge < -0.3 is 10.6 Å². The van der Waals surface area contributed by atoms with E-state index < -0.39 is 33.8 Å². The molecule has 3 N–H and O–H groups in total. The lowest BCUT2D eigenvalue weighted by atomic mass is 10.1. The van der Waals surface area contributed by atoms with E-state index in [2.05, 4.69) is 16.0 Å². The van der Waals surface area contributed by atoms with Gasteiger partial charge in [-0.2, -0.15) is 0 Å². The van der Waals surface area contributed by atoms with Gasteiger partial charge in [-0.25, -0.2) is 0 Å². The first-order valence-corrected chi connectivity index (χ1v) is 10.1. The van der Waals surface area contributed by atoms with Crippen LogP contribution in [0.3, 0.4) is 0 Å². The molecular formula is C19H19Cl4N3O2. The minimum absolute atomic E-state index is 0.391. The van der Waals surface area contributed by atoms with Crippen LogP contribution in [0.4, 0.5) is 0 Å². The molecule has 0 saturated carbocycles. The van der Waals surface area contributed by atoms with Crippen LogP contribution >= 0.6 is 46.4 Å². The molecule has 0 radical (unpaired) electrons. The maximum atomic E-state index is 12.4. The van der Waals surface area contributed by atoms with Crippen molar-refractivity contribution in [2.75, 3.05) is 0 Å². The molecule has 2 aromatic rings. The molecule has 5 nitrogen and oxygen atoms in total. The van der Waals surface area contributed by atoms with E-state index in [-0.39, 0.29) is 0 Å². The van der Waals surface area contributed by atoms with Crippen molar-refractivity contribution in [3.63, 3.8) is 0 Å². The smallest absolute Gasteiger partial charge is 0.252 e. The number of halogens is 4. The predicted octanol–water partition coefficient (Wildman–Crippen LogP) is 4.00. The third kappa shape index (κ3) is 6.83. The van der Waals surface area contributed by atoms with Gasteiger partial charge in [0.15, 0.2) is 0 Å². The standard InChI is InChI=1S/C19H19Cl4N3O2/c1-11-7-9-13(10-8-11)19(28)26-17(15(22)23)24-16(14(20)21)25-18(27)12-5-3-2-4-6-12/h2-10,14-17,24H,1H3,(H,25,27)(H,26,28)/t16-,17+/m1/s1. The molecule has 0 bridgehead atoms. The Labute approximate surface area is 183 Å². The zero-order valence-electron chi connectivity index (χ0n) is 14.8. The molecule has 2 rings (SSSR count). The Bertz CT molecular complexity index is 786. The minimum Gasteiger partial charge on any atom is -0.334 e. The highest BCUT2D eigenvalue weighted by molar-refractivity contribution is 6.45. The SMILES string of the molecule is Cc1ccc(C(=O)N[C@H](N[C@H](NC(=O)c2ccccc2)C(Cl)Cl)C(Cl)Cl)cc1. The van der Waals surface area contributed by atoms with Crippen molar-refractivity contribution in [1.29, 1.82) is 0 Å². The number of aryl methyl sites for hydroxylation is 1. The fraction of sp³-hybridized carbons (Fsp3) is 0.263. The van der Waals surface area contributed by atoms with Crippen LogP contribution in [0, 0.1) is 6.92 Å². The molecule has 150 valence electrons. The van der Waals surface area contributed by atoms with Crippen LogP contribution < -0.4 is 16.0 Å². The molecule has 0 aliphatic carbocycles. The van der Waals surface area contributed by atoms with Crippen LogP contribution in [0.25, 0.3) is 0 Å². The molecule has 2 atom stereocenters. The number of hydrogen-bond donors (Lipinski definition) is 3. The third-order valence-electron chi connectivity index (χ3n) is 3.79. The van der Waals surface area contributed by atoms with E-state index in [1.165, 1.54) is 0 Å². The first kappa shape index (κ1) is 22.8. The molecule has 0 spiro atoms. The Morgan fingerprint density at radius 1 is 0.714 bits per heavy atom. The summed E-state index contributed by atoms with van der Waals surface area (Å²) in [4.78, 5) is 22.7.